The van der Waals surface area contributed by atoms with Gasteiger partial charge in [-0.25, -0.2) is 9.97 Å². The minimum absolute atomic E-state index is 0.171. The molecular weight excluding hydrogens is 290 g/mol. The Morgan fingerprint density at radius 2 is 1.96 bits per heavy atom. The highest BCUT2D eigenvalue weighted by Gasteiger charge is 2.15. The number of nitrogens with one attached hydrogen (secondary N) is 1. The summed E-state index contributed by atoms with van der Waals surface area (Å²) in [5, 5.41) is 8.70. The second kappa shape index (κ2) is 6.28. The van der Waals surface area contributed by atoms with Crippen LogP contribution in [0, 0.1) is 0 Å². The van der Waals surface area contributed by atoms with Gasteiger partial charge in [0.15, 0.2) is 5.65 Å². The molecule has 1 unspecified atom stereocenters. The number of hydrogen-bond acceptors (Lipinski definition) is 6. The number of fused-ring (bicyclic) bond motifs is 1. The normalized spacial score (nSPS) is 12.7. The van der Waals surface area contributed by atoms with Gasteiger partial charge in [-0.1, -0.05) is 13.8 Å². The molecule has 0 saturated carbocycles. The van der Waals surface area contributed by atoms with Crippen molar-refractivity contribution in [3.8, 4) is 0 Å². The van der Waals surface area contributed by atoms with E-state index in [4.69, 9.17) is 0 Å². The Hall–Kier alpha value is -2.57. The third-order valence-electron chi connectivity index (χ3n) is 3.64. The fourth-order valence-corrected chi connectivity index (χ4v) is 2.44. The van der Waals surface area contributed by atoms with Crippen LogP contribution in [0.2, 0.25) is 0 Å². The molecule has 0 radical (unpaired) electrons. The smallest absolute Gasteiger partial charge is 0.163 e. The molecule has 0 aliphatic heterocycles. The molecule has 0 aliphatic carbocycles. The standard InChI is InChI=1S/C16H21N7/c1-10(2)14-21-15(13-9-19-23(4)16(13)22-14)20-11(3)7-12-8-17-5-6-18-12/h5-6,8-11H,7H2,1-4H3,(H,20,21,22). The highest BCUT2D eigenvalue weighted by atomic mass is 15.3. The van der Waals surface area contributed by atoms with Gasteiger partial charge in [-0.15, -0.1) is 0 Å². The molecule has 120 valence electrons. The van der Waals surface area contributed by atoms with E-state index in [-0.39, 0.29) is 12.0 Å². The summed E-state index contributed by atoms with van der Waals surface area (Å²) < 4.78 is 1.78. The molecule has 0 aromatic carbocycles. The number of aryl methyl sites for hydroxylation is 1. The first-order chi connectivity index (χ1) is 11.0. The van der Waals surface area contributed by atoms with Gasteiger partial charge in [-0.05, 0) is 6.92 Å². The molecular formula is C16H21N7. The van der Waals surface area contributed by atoms with Crippen molar-refractivity contribution in [2.75, 3.05) is 5.32 Å². The molecule has 0 saturated heterocycles. The molecule has 3 heterocycles. The second-order valence-corrected chi connectivity index (χ2v) is 6.04. The van der Waals surface area contributed by atoms with E-state index in [0.717, 1.165) is 34.8 Å². The molecule has 0 amide bonds. The highest BCUT2D eigenvalue weighted by Crippen LogP contribution is 2.23. The summed E-state index contributed by atoms with van der Waals surface area (Å²) in [6.45, 7) is 6.28. The molecule has 7 nitrogen and oxygen atoms in total. The Bertz CT molecular complexity index is 795. The lowest BCUT2D eigenvalue weighted by Crippen LogP contribution is -2.20. The Balaban J connectivity index is 1.89. The topological polar surface area (TPSA) is 81.4 Å². The van der Waals surface area contributed by atoms with Crippen LogP contribution in [0.3, 0.4) is 0 Å². The summed E-state index contributed by atoms with van der Waals surface area (Å²) in [4.78, 5) is 17.7. The van der Waals surface area contributed by atoms with Crippen molar-refractivity contribution in [2.24, 2.45) is 7.05 Å². The first-order valence-corrected chi connectivity index (χ1v) is 7.75. The van der Waals surface area contributed by atoms with Gasteiger partial charge in [0.05, 0.1) is 17.3 Å². The zero-order chi connectivity index (χ0) is 16.4. The van der Waals surface area contributed by atoms with Gasteiger partial charge in [-0.3, -0.25) is 14.6 Å². The fraction of sp³-hybridized carbons (Fsp3) is 0.438. The molecule has 23 heavy (non-hydrogen) atoms. The van der Waals surface area contributed by atoms with Crippen molar-refractivity contribution in [1.82, 2.24) is 29.7 Å². The maximum absolute atomic E-state index is 4.68. The minimum atomic E-state index is 0.171. The average Bonchev–Trinajstić information content (AvgIpc) is 2.90. The van der Waals surface area contributed by atoms with E-state index in [9.17, 15) is 0 Å². The number of anilines is 1. The van der Waals surface area contributed by atoms with Crippen molar-refractivity contribution in [2.45, 2.75) is 39.2 Å². The molecule has 1 N–H and O–H groups in total. The Labute approximate surface area is 135 Å². The van der Waals surface area contributed by atoms with Crippen LogP contribution in [0.1, 0.15) is 38.2 Å². The number of rotatable bonds is 5. The van der Waals surface area contributed by atoms with Crippen LogP contribution in [-0.4, -0.2) is 35.8 Å². The quantitative estimate of drug-likeness (QED) is 0.779. The summed E-state index contributed by atoms with van der Waals surface area (Å²) >= 11 is 0. The van der Waals surface area contributed by atoms with Crippen LogP contribution in [0.5, 0.6) is 0 Å². The summed E-state index contributed by atoms with van der Waals surface area (Å²) in [6, 6.07) is 0.171. The van der Waals surface area contributed by atoms with E-state index in [1.54, 1.807) is 29.5 Å². The largest absolute Gasteiger partial charge is 0.367 e. The van der Waals surface area contributed by atoms with E-state index in [2.05, 4.69) is 51.1 Å². The van der Waals surface area contributed by atoms with Gasteiger partial charge >= 0.3 is 0 Å². The van der Waals surface area contributed by atoms with Crippen LogP contribution in [0.25, 0.3) is 11.0 Å². The highest BCUT2D eigenvalue weighted by molar-refractivity contribution is 5.86. The second-order valence-electron chi connectivity index (χ2n) is 6.04. The van der Waals surface area contributed by atoms with Crippen LogP contribution < -0.4 is 5.32 Å². The lowest BCUT2D eigenvalue weighted by atomic mass is 10.1. The molecule has 3 rings (SSSR count). The predicted octanol–water partition coefficient (Wildman–Crippen LogP) is 2.32. The number of nitrogens with zero attached hydrogens (tertiary/aromatic N) is 6. The monoisotopic (exact) mass is 311 g/mol. The van der Waals surface area contributed by atoms with E-state index in [0.29, 0.717) is 0 Å². The van der Waals surface area contributed by atoms with Crippen molar-refractivity contribution >= 4 is 16.9 Å². The predicted molar refractivity (Wildman–Crippen MR) is 89.2 cm³/mol. The van der Waals surface area contributed by atoms with Gasteiger partial charge in [0.1, 0.15) is 11.6 Å². The minimum Gasteiger partial charge on any atom is -0.367 e. The van der Waals surface area contributed by atoms with Crippen molar-refractivity contribution in [1.29, 1.82) is 0 Å². The average molecular weight is 311 g/mol. The maximum Gasteiger partial charge on any atom is 0.163 e. The molecule has 1 atom stereocenters. The van der Waals surface area contributed by atoms with Gasteiger partial charge in [-0.2, -0.15) is 5.10 Å². The summed E-state index contributed by atoms with van der Waals surface area (Å²) in [7, 11) is 1.90. The van der Waals surface area contributed by atoms with Crippen LogP contribution >= 0.6 is 0 Å². The zero-order valence-electron chi connectivity index (χ0n) is 13.9. The lowest BCUT2D eigenvalue weighted by Gasteiger charge is -2.16. The van der Waals surface area contributed by atoms with Crippen molar-refractivity contribution < 1.29 is 0 Å². The van der Waals surface area contributed by atoms with Crippen LogP contribution in [0.4, 0.5) is 5.82 Å². The first kappa shape index (κ1) is 15.3. The molecule has 0 fully saturated rings. The Kier molecular flexibility index (Phi) is 4.18. The summed E-state index contributed by atoms with van der Waals surface area (Å²) in [5.41, 5.74) is 1.80. The number of aromatic nitrogens is 6. The molecule has 3 aromatic rings. The lowest BCUT2D eigenvalue weighted by molar-refractivity contribution is 0.738. The maximum atomic E-state index is 4.68. The molecule has 7 heteroatoms. The third kappa shape index (κ3) is 3.28. The van der Waals surface area contributed by atoms with Crippen molar-refractivity contribution in [3.05, 3.63) is 36.3 Å². The summed E-state index contributed by atoms with van der Waals surface area (Å²) in [6.07, 6.45) is 7.76. The van der Waals surface area contributed by atoms with Gasteiger partial charge in [0.25, 0.3) is 0 Å². The fourth-order valence-electron chi connectivity index (χ4n) is 2.44. The van der Waals surface area contributed by atoms with Crippen LogP contribution in [0.15, 0.2) is 24.8 Å². The number of hydrogen-bond donors (Lipinski definition) is 1. The third-order valence-corrected chi connectivity index (χ3v) is 3.64. The zero-order valence-corrected chi connectivity index (χ0v) is 13.9. The molecule has 0 spiro atoms. The van der Waals surface area contributed by atoms with E-state index in [1.165, 1.54) is 0 Å². The van der Waals surface area contributed by atoms with E-state index < -0.39 is 0 Å². The van der Waals surface area contributed by atoms with Gasteiger partial charge in [0, 0.05) is 44.0 Å². The van der Waals surface area contributed by atoms with E-state index >= 15 is 0 Å². The summed E-state index contributed by atoms with van der Waals surface area (Å²) in [5.74, 6) is 1.89. The van der Waals surface area contributed by atoms with E-state index in [1.807, 2.05) is 7.05 Å². The first-order valence-electron chi connectivity index (χ1n) is 7.75. The Morgan fingerprint density at radius 3 is 2.65 bits per heavy atom. The van der Waals surface area contributed by atoms with Crippen molar-refractivity contribution in [3.63, 3.8) is 0 Å². The van der Waals surface area contributed by atoms with Gasteiger partial charge in [0.2, 0.25) is 0 Å². The molecule has 0 aliphatic rings. The van der Waals surface area contributed by atoms with Gasteiger partial charge < -0.3 is 5.32 Å². The molecule has 0 bridgehead atoms. The SMILES string of the molecule is CC(Cc1cnccn1)Nc1nc(C(C)C)nc2c1cnn2C. The van der Waals surface area contributed by atoms with Crippen LogP contribution in [-0.2, 0) is 13.5 Å². The Morgan fingerprint density at radius 1 is 1.13 bits per heavy atom. The molecule has 3 aromatic heterocycles.